The Hall–Kier alpha value is -4.94. The van der Waals surface area contributed by atoms with Crippen LogP contribution in [0.3, 0.4) is 0 Å². The summed E-state index contributed by atoms with van der Waals surface area (Å²) in [4.78, 5) is 23.4. The molecule has 0 N–H and O–H groups in total. The third-order valence-electron chi connectivity index (χ3n) is 8.14. The number of aryl methyl sites for hydroxylation is 1. The summed E-state index contributed by atoms with van der Waals surface area (Å²) < 4.78 is 69.5. The van der Waals surface area contributed by atoms with E-state index in [1.165, 1.54) is 22.9 Å². The Labute approximate surface area is 277 Å². The van der Waals surface area contributed by atoms with Crippen molar-refractivity contribution in [1.82, 2.24) is 14.5 Å². The minimum atomic E-state index is -4.05. The third kappa shape index (κ3) is 7.45. The van der Waals surface area contributed by atoms with Crippen LogP contribution in [-0.4, -0.2) is 48.9 Å². The van der Waals surface area contributed by atoms with Crippen molar-refractivity contribution in [2.45, 2.75) is 37.8 Å². The van der Waals surface area contributed by atoms with Gasteiger partial charge in [-0.05, 0) is 54.8 Å². The molecule has 0 bridgehead atoms. The quantitative estimate of drug-likeness (QED) is 0.160. The van der Waals surface area contributed by atoms with Crippen molar-refractivity contribution in [3.63, 3.8) is 0 Å². The van der Waals surface area contributed by atoms with E-state index in [4.69, 9.17) is 9.47 Å². The van der Waals surface area contributed by atoms with Crippen molar-refractivity contribution in [3.8, 4) is 17.0 Å². The summed E-state index contributed by atoms with van der Waals surface area (Å²) >= 11 is 0. The Morgan fingerprint density at radius 2 is 1.73 bits per heavy atom. The van der Waals surface area contributed by atoms with Gasteiger partial charge in [0.05, 0.1) is 42.9 Å². The van der Waals surface area contributed by atoms with Gasteiger partial charge in [-0.25, -0.2) is 27.2 Å². The van der Waals surface area contributed by atoms with Gasteiger partial charge in [0.15, 0.2) is 5.82 Å². The molecule has 5 aromatic rings. The molecular formula is C36H34F2N4O5S. The number of benzene rings is 3. The smallest absolute Gasteiger partial charge is 0.286 e. The first-order valence-corrected chi connectivity index (χ1v) is 17.1. The number of nitrogens with zero attached hydrogens (tertiary/aromatic N) is 4. The molecule has 1 aliphatic heterocycles. The molecule has 3 aromatic carbocycles. The number of sulfone groups is 1. The second kappa shape index (κ2) is 14.0. The fraction of sp³-hybridized carbons (Fsp3) is 0.250. The lowest BCUT2D eigenvalue weighted by atomic mass is 10.1. The van der Waals surface area contributed by atoms with Gasteiger partial charge in [0.25, 0.3) is 5.56 Å². The first-order chi connectivity index (χ1) is 23.1. The van der Waals surface area contributed by atoms with Crippen LogP contribution < -0.4 is 15.2 Å². The molecule has 0 radical (unpaired) electrons. The third-order valence-corrected chi connectivity index (χ3v) is 9.65. The van der Waals surface area contributed by atoms with Crippen LogP contribution in [0.4, 0.5) is 14.5 Å². The Morgan fingerprint density at radius 1 is 0.958 bits per heavy atom. The molecule has 0 amide bonds. The molecule has 1 aliphatic rings. The topological polar surface area (TPSA) is 104 Å². The Bertz CT molecular complexity index is 2110. The highest BCUT2D eigenvalue weighted by Crippen LogP contribution is 2.32. The molecule has 248 valence electrons. The summed E-state index contributed by atoms with van der Waals surface area (Å²) in [5.74, 6) is -1.04. The zero-order valence-electron chi connectivity index (χ0n) is 26.5. The van der Waals surface area contributed by atoms with Crippen LogP contribution in [0.1, 0.15) is 34.9 Å². The number of anilines is 1. The molecule has 6 rings (SSSR count). The molecule has 48 heavy (non-hydrogen) atoms. The van der Waals surface area contributed by atoms with Crippen molar-refractivity contribution in [2.24, 2.45) is 0 Å². The van der Waals surface area contributed by atoms with Gasteiger partial charge < -0.3 is 18.9 Å². The van der Waals surface area contributed by atoms with Crippen LogP contribution in [0.2, 0.25) is 0 Å². The normalized spacial score (nSPS) is 13.5. The van der Waals surface area contributed by atoms with Gasteiger partial charge in [-0.3, -0.25) is 4.79 Å². The second-order valence-electron chi connectivity index (χ2n) is 11.7. The van der Waals surface area contributed by atoms with E-state index in [9.17, 15) is 17.6 Å². The van der Waals surface area contributed by atoms with Crippen LogP contribution >= 0.6 is 0 Å². The number of fused-ring (bicyclic) bond motifs is 1. The lowest BCUT2D eigenvalue weighted by Crippen LogP contribution is -2.29. The van der Waals surface area contributed by atoms with Gasteiger partial charge in [0.1, 0.15) is 18.2 Å². The molecule has 0 saturated carbocycles. The lowest BCUT2D eigenvalue weighted by molar-refractivity contribution is 0.0361. The Kier molecular flexibility index (Phi) is 9.65. The highest BCUT2D eigenvalue weighted by molar-refractivity contribution is 7.91. The summed E-state index contributed by atoms with van der Waals surface area (Å²) in [6, 6.07) is 23.5. The molecule has 2 aromatic heterocycles. The van der Waals surface area contributed by atoms with Crippen molar-refractivity contribution in [1.29, 1.82) is 0 Å². The summed E-state index contributed by atoms with van der Waals surface area (Å²) in [6.07, 6.45) is 0.858. The standard InChI is InChI=1S/C36H34F2N4O5S/c1-24-18-31(28-20-30(38)35(43)42(22-28)21-25-12-13-34-32(19-25)41(2)15-16-46-34)40-36(39-24)48(44,45)17-14-33(26-8-4-3-5-9-26)47-23-27-10-6-7-11-29(27)37/h3-13,18-20,22,33H,14-17,21,23H2,1-2H3. The van der Waals surface area contributed by atoms with Gasteiger partial charge in [0, 0.05) is 30.1 Å². The van der Waals surface area contributed by atoms with Gasteiger partial charge in [-0.1, -0.05) is 54.6 Å². The van der Waals surface area contributed by atoms with Crippen molar-refractivity contribution >= 4 is 15.5 Å². The maximum Gasteiger partial charge on any atom is 0.286 e. The molecule has 0 saturated heterocycles. The van der Waals surface area contributed by atoms with E-state index in [1.807, 2.05) is 60.5 Å². The zero-order chi connectivity index (χ0) is 33.8. The van der Waals surface area contributed by atoms with E-state index in [0.717, 1.165) is 28.6 Å². The number of ether oxygens (including phenoxy) is 2. The first kappa shape index (κ1) is 33.0. The first-order valence-electron chi connectivity index (χ1n) is 15.4. The van der Waals surface area contributed by atoms with Crippen LogP contribution in [0.15, 0.2) is 101 Å². The largest absolute Gasteiger partial charge is 0.490 e. The molecule has 1 unspecified atom stereocenters. The van der Waals surface area contributed by atoms with Gasteiger partial charge in [0.2, 0.25) is 15.0 Å². The molecule has 3 heterocycles. The summed E-state index contributed by atoms with van der Waals surface area (Å²) in [5.41, 5.74) is 2.64. The SMILES string of the molecule is Cc1cc(-c2cc(F)c(=O)n(Cc3ccc4c(c3)N(C)CCO4)c2)nc(S(=O)(=O)CCC(OCc2ccccc2F)c2ccccc2)n1. The summed E-state index contributed by atoms with van der Waals surface area (Å²) in [6.45, 7) is 2.93. The molecule has 9 nitrogen and oxygen atoms in total. The van der Waals surface area contributed by atoms with Crippen LogP contribution in [-0.2, 0) is 27.7 Å². The van der Waals surface area contributed by atoms with Crippen molar-refractivity contribution in [2.75, 3.05) is 30.9 Å². The molecule has 0 aliphatic carbocycles. The summed E-state index contributed by atoms with van der Waals surface area (Å²) in [7, 11) is -2.11. The fourth-order valence-corrected chi connectivity index (χ4v) is 6.78. The number of aromatic nitrogens is 3. The zero-order valence-corrected chi connectivity index (χ0v) is 27.3. The van der Waals surface area contributed by atoms with Crippen molar-refractivity contribution in [3.05, 3.63) is 135 Å². The fourth-order valence-electron chi connectivity index (χ4n) is 5.55. The van der Waals surface area contributed by atoms with E-state index in [0.29, 0.717) is 24.4 Å². The van der Waals surface area contributed by atoms with Gasteiger partial charge in [-0.2, -0.15) is 0 Å². The number of pyridine rings is 1. The number of likely N-dealkylation sites (N-methyl/N-ethyl adjacent to an activating group) is 1. The predicted octanol–water partition coefficient (Wildman–Crippen LogP) is 5.89. The average Bonchev–Trinajstić information content (AvgIpc) is 3.08. The Morgan fingerprint density at radius 3 is 2.52 bits per heavy atom. The maximum absolute atomic E-state index is 15.0. The van der Waals surface area contributed by atoms with E-state index >= 15 is 4.39 Å². The number of hydrogen-bond donors (Lipinski definition) is 0. The van der Waals surface area contributed by atoms with E-state index < -0.39 is 38.3 Å². The maximum atomic E-state index is 15.0. The minimum Gasteiger partial charge on any atom is -0.490 e. The van der Waals surface area contributed by atoms with Crippen LogP contribution in [0, 0.1) is 18.6 Å². The van der Waals surface area contributed by atoms with Gasteiger partial charge in [-0.15, -0.1) is 0 Å². The molecule has 0 spiro atoms. The molecule has 1 atom stereocenters. The highest BCUT2D eigenvalue weighted by Gasteiger charge is 2.24. The summed E-state index contributed by atoms with van der Waals surface area (Å²) in [5, 5.41) is -0.422. The minimum absolute atomic E-state index is 0.0470. The van der Waals surface area contributed by atoms with E-state index in [2.05, 4.69) is 9.97 Å². The monoisotopic (exact) mass is 672 g/mol. The second-order valence-corrected chi connectivity index (χ2v) is 13.7. The number of rotatable bonds is 11. The Balaban J connectivity index is 1.25. The number of halogens is 2. The molecule has 0 fully saturated rings. The van der Waals surface area contributed by atoms with Crippen LogP contribution in [0.25, 0.3) is 11.3 Å². The lowest BCUT2D eigenvalue weighted by Gasteiger charge is -2.28. The van der Waals surface area contributed by atoms with Gasteiger partial charge >= 0.3 is 0 Å². The van der Waals surface area contributed by atoms with Crippen LogP contribution in [0.5, 0.6) is 5.75 Å². The molecule has 12 heteroatoms. The number of hydrogen-bond acceptors (Lipinski definition) is 8. The van der Waals surface area contributed by atoms with E-state index in [1.54, 1.807) is 25.1 Å². The van der Waals surface area contributed by atoms with Crippen molar-refractivity contribution < 1.29 is 26.7 Å². The predicted molar refractivity (Wildman–Crippen MR) is 178 cm³/mol. The highest BCUT2D eigenvalue weighted by atomic mass is 32.2. The average molecular weight is 673 g/mol. The molecular weight excluding hydrogens is 638 g/mol. The van der Waals surface area contributed by atoms with E-state index in [-0.39, 0.29) is 36.6 Å².